The van der Waals surface area contributed by atoms with Crippen LogP contribution in [0.25, 0.3) is 0 Å². The van der Waals surface area contributed by atoms with E-state index in [2.05, 4.69) is 15.9 Å². The van der Waals surface area contributed by atoms with E-state index in [1.54, 1.807) is 4.90 Å². The fraction of sp³-hybridized carbons (Fsp3) is 0.429. The van der Waals surface area contributed by atoms with E-state index in [1.165, 1.54) is 18.2 Å². The smallest absolute Gasteiger partial charge is 0.335 e. The minimum absolute atomic E-state index is 0.0465. The van der Waals surface area contributed by atoms with Crippen LogP contribution in [0.15, 0.2) is 22.7 Å². The van der Waals surface area contributed by atoms with E-state index >= 15 is 0 Å². The summed E-state index contributed by atoms with van der Waals surface area (Å²) in [5.74, 6) is -1.79. The Morgan fingerprint density at radius 2 is 2.14 bits per heavy atom. The molecule has 21 heavy (non-hydrogen) atoms. The van der Waals surface area contributed by atoms with Crippen molar-refractivity contribution in [3.8, 4) is 0 Å². The normalized spacial score (nSPS) is 26.0. The fourth-order valence-corrected chi connectivity index (χ4v) is 3.26. The number of amides is 1. The second-order valence-corrected chi connectivity index (χ2v) is 6.07. The summed E-state index contributed by atoms with van der Waals surface area (Å²) in [6, 6.07) is 3.32. The summed E-state index contributed by atoms with van der Waals surface area (Å²) < 4.78 is 18.9. The first-order valence-corrected chi connectivity index (χ1v) is 7.39. The largest absolute Gasteiger partial charge is 0.479 e. The van der Waals surface area contributed by atoms with Gasteiger partial charge >= 0.3 is 5.97 Å². The molecule has 0 spiro atoms. The van der Waals surface area contributed by atoms with E-state index in [4.69, 9.17) is 4.74 Å². The van der Waals surface area contributed by atoms with E-state index < -0.39 is 23.9 Å². The highest BCUT2D eigenvalue weighted by molar-refractivity contribution is 9.10. The molecule has 1 heterocycles. The number of hydrogen-bond acceptors (Lipinski definition) is 3. The van der Waals surface area contributed by atoms with Crippen LogP contribution in [0.2, 0.25) is 0 Å². The highest BCUT2D eigenvalue weighted by Crippen LogP contribution is 2.41. The predicted molar refractivity (Wildman–Crippen MR) is 74.1 cm³/mol. The number of rotatable bonds is 3. The van der Waals surface area contributed by atoms with Gasteiger partial charge in [-0.15, -0.1) is 0 Å². The Balaban J connectivity index is 2.06. The molecule has 0 radical (unpaired) electrons. The average molecular weight is 358 g/mol. The van der Waals surface area contributed by atoms with Gasteiger partial charge in [0.05, 0.1) is 6.04 Å². The van der Waals surface area contributed by atoms with Gasteiger partial charge in [-0.25, -0.2) is 9.18 Å². The Hall–Kier alpha value is -1.47. The first kappa shape index (κ1) is 14.5. The van der Waals surface area contributed by atoms with Crippen molar-refractivity contribution in [2.75, 3.05) is 6.61 Å². The Bertz CT molecular complexity index is 605. The Morgan fingerprint density at radius 1 is 1.43 bits per heavy atom. The maximum absolute atomic E-state index is 13.3. The molecule has 1 aromatic carbocycles. The second kappa shape index (κ2) is 5.38. The third-order valence-corrected chi connectivity index (χ3v) is 4.41. The molecule has 1 aliphatic carbocycles. The third kappa shape index (κ3) is 2.67. The molecule has 5 nitrogen and oxygen atoms in total. The number of carboxylic acid groups (broad SMARTS) is 1. The number of nitrogens with zero attached hydrogens (tertiary/aromatic N) is 1. The van der Waals surface area contributed by atoms with Gasteiger partial charge in [0.15, 0.2) is 6.10 Å². The predicted octanol–water partition coefficient (Wildman–Crippen LogP) is 2.10. The molecule has 0 aromatic heterocycles. The SMILES string of the molecule is O=C(O)C1OCC(=O)N(C2CC2)C1c1ccc(F)cc1Br. The Labute approximate surface area is 128 Å². The first-order valence-electron chi connectivity index (χ1n) is 6.59. The van der Waals surface area contributed by atoms with Crippen LogP contribution < -0.4 is 0 Å². The maximum Gasteiger partial charge on any atom is 0.335 e. The summed E-state index contributed by atoms with van der Waals surface area (Å²) >= 11 is 3.25. The second-order valence-electron chi connectivity index (χ2n) is 5.21. The van der Waals surface area contributed by atoms with E-state index in [9.17, 15) is 19.1 Å². The topological polar surface area (TPSA) is 66.8 Å². The number of carboxylic acids is 1. The number of ether oxygens (including phenoxy) is 1. The van der Waals surface area contributed by atoms with Crippen molar-refractivity contribution in [3.05, 3.63) is 34.1 Å². The number of halogens is 2. The molecule has 1 saturated heterocycles. The van der Waals surface area contributed by atoms with Gasteiger partial charge in [-0.1, -0.05) is 22.0 Å². The van der Waals surface area contributed by atoms with Gasteiger partial charge in [0.1, 0.15) is 12.4 Å². The molecule has 2 atom stereocenters. The van der Waals surface area contributed by atoms with Crippen molar-refractivity contribution >= 4 is 27.8 Å². The standard InChI is InChI=1S/C14H13BrFNO4/c15-10-5-7(16)1-4-9(10)12-13(14(19)20)21-6-11(18)17(12)8-2-3-8/h1,4-5,8,12-13H,2-3,6H2,(H,19,20). The zero-order valence-electron chi connectivity index (χ0n) is 11.0. The zero-order chi connectivity index (χ0) is 15.1. The Kier molecular flexibility index (Phi) is 3.71. The lowest BCUT2D eigenvalue weighted by molar-refractivity contribution is -0.174. The minimum Gasteiger partial charge on any atom is -0.479 e. The number of carbonyl (C=O) groups excluding carboxylic acids is 1. The third-order valence-electron chi connectivity index (χ3n) is 3.73. The summed E-state index contributed by atoms with van der Waals surface area (Å²) in [6.45, 7) is -0.233. The highest BCUT2D eigenvalue weighted by Gasteiger charge is 2.48. The quantitative estimate of drug-likeness (QED) is 0.899. The number of carbonyl (C=O) groups is 2. The minimum atomic E-state index is -1.15. The molecule has 0 bridgehead atoms. The molecule has 2 aliphatic rings. The molecular weight excluding hydrogens is 345 g/mol. The molecule has 3 rings (SSSR count). The van der Waals surface area contributed by atoms with Crippen molar-refractivity contribution < 1.29 is 23.8 Å². The summed E-state index contributed by atoms with van der Waals surface area (Å²) in [5.41, 5.74) is 0.545. The molecule has 1 amide bonds. The van der Waals surface area contributed by atoms with E-state index in [-0.39, 0.29) is 18.6 Å². The van der Waals surface area contributed by atoms with Crippen molar-refractivity contribution in [1.82, 2.24) is 4.90 Å². The van der Waals surface area contributed by atoms with Gasteiger partial charge in [0, 0.05) is 10.5 Å². The molecule has 1 aliphatic heterocycles. The monoisotopic (exact) mass is 357 g/mol. The van der Waals surface area contributed by atoms with Gasteiger partial charge < -0.3 is 14.7 Å². The van der Waals surface area contributed by atoms with Crippen LogP contribution in [-0.2, 0) is 14.3 Å². The summed E-state index contributed by atoms with van der Waals surface area (Å²) in [6.07, 6.45) is 0.561. The molecule has 112 valence electrons. The number of hydrogen-bond donors (Lipinski definition) is 1. The van der Waals surface area contributed by atoms with Crippen molar-refractivity contribution in [3.63, 3.8) is 0 Å². The van der Waals surface area contributed by atoms with Crippen LogP contribution in [0.4, 0.5) is 4.39 Å². The summed E-state index contributed by atoms with van der Waals surface area (Å²) in [4.78, 5) is 25.2. The maximum atomic E-state index is 13.3. The van der Waals surface area contributed by atoms with Crippen LogP contribution in [0.3, 0.4) is 0 Å². The highest BCUT2D eigenvalue weighted by atomic mass is 79.9. The van der Waals surface area contributed by atoms with Gasteiger partial charge in [0.2, 0.25) is 5.91 Å². The molecule has 2 unspecified atom stereocenters. The molecule has 1 aromatic rings. The van der Waals surface area contributed by atoms with Crippen molar-refractivity contribution in [2.45, 2.75) is 31.0 Å². The molecule has 2 fully saturated rings. The lowest BCUT2D eigenvalue weighted by Crippen LogP contribution is -2.52. The Morgan fingerprint density at radius 3 is 2.71 bits per heavy atom. The van der Waals surface area contributed by atoms with Gasteiger partial charge in [-0.05, 0) is 30.5 Å². The van der Waals surface area contributed by atoms with Gasteiger partial charge in [0.25, 0.3) is 0 Å². The fourth-order valence-electron chi connectivity index (χ4n) is 2.67. The van der Waals surface area contributed by atoms with Crippen LogP contribution in [-0.4, -0.2) is 40.6 Å². The van der Waals surface area contributed by atoms with Crippen LogP contribution in [0.5, 0.6) is 0 Å². The summed E-state index contributed by atoms with van der Waals surface area (Å²) in [5, 5.41) is 9.37. The van der Waals surface area contributed by atoms with Crippen LogP contribution in [0, 0.1) is 5.82 Å². The van der Waals surface area contributed by atoms with E-state index in [0.29, 0.717) is 10.0 Å². The van der Waals surface area contributed by atoms with Crippen molar-refractivity contribution in [2.24, 2.45) is 0 Å². The van der Waals surface area contributed by atoms with E-state index in [1.807, 2.05) is 0 Å². The van der Waals surface area contributed by atoms with Crippen LogP contribution in [0.1, 0.15) is 24.4 Å². The molecular formula is C14H13BrFNO4. The molecule has 1 N–H and O–H groups in total. The molecule has 7 heteroatoms. The van der Waals surface area contributed by atoms with Crippen LogP contribution >= 0.6 is 15.9 Å². The number of morpholine rings is 1. The first-order chi connectivity index (χ1) is 9.99. The van der Waals surface area contributed by atoms with Gasteiger partial charge in [-0.2, -0.15) is 0 Å². The average Bonchev–Trinajstić information content (AvgIpc) is 3.22. The zero-order valence-corrected chi connectivity index (χ0v) is 12.5. The van der Waals surface area contributed by atoms with Gasteiger partial charge in [-0.3, -0.25) is 4.79 Å². The number of benzene rings is 1. The number of aliphatic carboxylic acids is 1. The van der Waals surface area contributed by atoms with E-state index in [0.717, 1.165) is 12.8 Å². The lowest BCUT2D eigenvalue weighted by Gasteiger charge is -2.40. The lowest BCUT2D eigenvalue weighted by atomic mass is 9.97. The summed E-state index contributed by atoms with van der Waals surface area (Å²) in [7, 11) is 0. The van der Waals surface area contributed by atoms with Crippen molar-refractivity contribution in [1.29, 1.82) is 0 Å². The molecule has 1 saturated carbocycles.